The summed E-state index contributed by atoms with van der Waals surface area (Å²) in [6.45, 7) is 3.64. The van der Waals surface area contributed by atoms with Crippen molar-refractivity contribution in [3.63, 3.8) is 0 Å². The van der Waals surface area contributed by atoms with Gasteiger partial charge in [0.05, 0.1) is 17.4 Å². The molecule has 1 aromatic heterocycles. The zero-order valence-electron chi connectivity index (χ0n) is 13.8. The van der Waals surface area contributed by atoms with Crippen LogP contribution in [0.5, 0.6) is 5.75 Å². The van der Waals surface area contributed by atoms with E-state index >= 15 is 0 Å². The Labute approximate surface area is 168 Å². The molecule has 0 saturated carbocycles. The summed E-state index contributed by atoms with van der Waals surface area (Å²) in [6.07, 6.45) is -0.828. The molecule has 2 rings (SSSR count). The number of amides is 1. The van der Waals surface area contributed by atoms with Gasteiger partial charge in [0.15, 0.2) is 10.4 Å². The van der Waals surface area contributed by atoms with Crippen LogP contribution >= 0.6 is 46.3 Å². The van der Waals surface area contributed by atoms with E-state index in [-0.39, 0.29) is 16.7 Å². The van der Waals surface area contributed by atoms with E-state index in [0.29, 0.717) is 26.9 Å². The molecule has 0 saturated heterocycles. The molecule has 11 heteroatoms. The molecule has 0 aliphatic heterocycles. The van der Waals surface area contributed by atoms with Crippen molar-refractivity contribution >= 4 is 63.3 Å². The van der Waals surface area contributed by atoms with Gasteiger partial charge in [-0.05, 0) is 26.0 Å². The maximum absolute atomic E-state index is 12.2. The number of rotatable bonds is 8. The van der Waals surface area contributed by atoms with Crippen molar-refractivity contribution in [2.75, 3.05) is 17.7 Å². The van der Waals surface area contributed by atoms with Crippen molar-refractivity contribution in [3.05, 3.63) is 28.2 Å². The zero-order valence-corrected chi connectivity index (χ0v) is 17.0. The molecule has 26 heavy (non-hydrogen) atoms. The number of hydrogen-bond donors (Lipinski definition) is 1. The summed E-state index contributed by atoms with van der Waals surface area (Å²) in [7, 11) is 0. The van der Waals surface area contributed by atoms with E-state index in [1.807, 2.05) is 0 Å². The van der Waals surface area contributed by atoms with Crippen molar-refractivity contribution in [2.45, 2.75) is 24.3 Å². The Morgan fingerprint density at radius 2 is 2.12 bits per heavy atom. The molecule has 0 aliphatic rings. The largest absolute Gasteiger partial charge is 0.479 e. The lowest BCUT2D eigenvalue weighted by atomic mass is 10.3. The van der Waals surface area contributed by atoms with Gasteiger partial charge in [-0.2, -0.15) is 0 Å². The van der Waals surface area contributed by atoms with Crippen LogP contribution in [0.1, 0.15) is 13.8 Å². The van der Waals surface area contributed by atoms with E-state index < -0.39 is 12.0 Å². The fourth-order valence-electron chi connectivity index (χ4n) is 1.67. The minimum absolute atomic E-state index is 0.128. The summed E-state index contributed by atoms with van der Waals surface area (Å²) >= 11 is 14.3. The summed E-state index contributed by atoms with van der Waals surface area (Å²) in [5.74, 6) is -0.314. The number of hydrogen-bond acceptors (Lipinski definition) is 8. The normalized spacial score (nSPS) is 11.7. The lowest BCUT2D eigenvalue weighted by molar-refractivity contribution is -0.139. The summed E-state index contributed by atoms with van der Waals surface area (Å²) < 4.78 is 10.9. The lowest BCUT2D eigenvalue weighted by Gasteiger charge is -2.14. The summed E-state index contributed by atoms with van der Waals surface area (Å²) in [4.78, 5) is 23.5. The lowest BCUT2D eigenvalue weighted by Crippen LogP contribution is -2.30. The standard InChI is InChI=1S/C15H15Cl2N3O4S2/c1-3-23-11(21)7-25-15-20-19-14(26-15)18-13(22)8(2)24-10-6-4-5-9(16)12(10)17/h4-6,8H,3,7H2,1-2H3,(H,18,19,22). The minimum Gasteiger partial charge on any atom is -0.479 e. The van der Waals surface area contributed by atoms with E-state index in [0.717, 1.165) is 11.3 Å². The highest BCUT2D eigenvalue weighted by Gasteiger charge is 2.19. The van der Waals surface area contributed by atoms with Gasteiger partial charge in [-0.3, -0.25) is 14.9 Å². The molecule has 1 aromatic carbocycles. The van der Waals surface area contributed by atoms with Gasteiger partial charge in [-0.1, -0.05) is 52.4 Å². The molecule has 0 bridgehead atoms. The number of carbonyl (C=O) groups is 2. The van der Waals surface area contributed by atoms with Crippen molar-refractivity contribution < 1.29 is 19.1 Å². The second-order valence-corrected chi connectivity index (χ2v) is 7.75. The topological polar surface area (TPSA) is 90.4 Å². The number of aromatic nitrogens is 2. The molecule has 1 amide bonds. The molecule has 0 radical (unpaired) electrons. The first kappa shape index (κ1) is 20.8. The van der Waals surface area contributed by atoms with E-state index in [1.165, 1.54) is 11.8 Å². The second-order valence-electron chi connectivity index (χ2n) is 4.77. The summed E-state index contributed by atoms with van der Waals surface area (Å²) in [5, 5.41) is 11.2. The predicted molar refractivity (Wildman–Crippen MR) is 102 cm³/mol. The molecule has 1 N–H and O–H groups in total. The Hall–Kier alpha value is -1.55. The smallest absolute Gasteiger partial charge is 0.316 e. The highest BCUT2D eigenvalue weighted by atomic mass is 35.5. The van der Waals surface area contributed by atoms with Crippen LogP contribution in [-0.4, -0.2) is 40.5 Å². The number of ether oxygens (including phenoxy) is 2. The first-order chi connectivity index (χ1) is 12.4. The van der Waals surface area contributed by atoms with Gasteiger partial charge in [0.25, 0.3) is 5.91 Å². The van der Waals surface area contributed by atoms with E-state index in [1.54, 1.807) is 32.0 Å². The molecule has 1 atom stereocenters. The first-order valence-corrected chi connectivity index (χ1v) is 10.00. The number of nitrogens with zero attached hydrogens (tertiary/aromatic N) is 2. The number of thioether (sulfide) groups is 1. The first-order valence-electron chi connectivity index (χ1n) is 7.44. The number of halogens is 2. The Kier molecular flexibility index (Phi) is 7.95. The van der Waals surface area contributed by atoms with E-state index in [4.69, 9.17) is 32.7 Å². The molecule has 7 nitrogen and oxygen atoms in total. The van der Waals surface area contributed by atoms with Gasteiger partial charge < -0.3 is 9.47 Å². The fourth-order valence-corrected chi connectivity index (χ4v) is 3.56. The average molecular weight is 436 g/mol. The Bertz CT molecular complexity index is 788. The van der Waals surface area contributed by atoms with Crippen molar-refractivity contribution in [2.24, 2.45) is 0 Å². The molecule has 2 aromatic rings. The SMILES string of the molecule is CCOC(=O)CSc1nnc(NC(=O)C(C)Oc2cccc(Cl)c2Cl)s1. The third-order valence-electron chi connectivity index (χ3n) is 2.84. The van der Waals surface area contributed by atoms with Crippen molar-refractivity contribution in [1.82, 2.24) is 10.2 Å². The van der Waals surface area contributed by atoms with Crippen molar-refractivity contribution in [3.8, 4) is 5.75 Å². The van der Waals surface area contributed by atoms with Gasteiger partial charge in [-0.15, -0.1) is 10.2 Å². The van der Waals surface area contributed by atoms with Gasteiger partial charge in [-0.25, -0.2) is 0 Å². The monoisotopic (exact) mass is 435 g/mol. The predicted octanol–water partition coefficient (Wildman–Crippen LogP) is 3.91. The van der Waals surface area contributed by atoms with Gasteiger partial charge in [0.2, 0.25) is 5.13 Å². The van der Waals surface area contributed by atoms with Crippen LogP contribution in [0.25, 0.3) is 0 Å². The number of benzene rings is 1. The molecule has 0 aliphatic carbocycles. The Balaban J connectivity index is 1.89. The number of nitrogens with one attached hydrogen (secondary N) is 1. The molecular formula is C15H15Cl2N3O4S2. The third kappa shape index (κ3) is 6.01. The molecule has 140 valence electrons. The van der Waals surface area contributed by atoms with Crippen LogP contribution in [0.2, 0.25) is 10.0 Å². The van der Waals surface area contributed by atoms with Crippen molar-refractivity contribution in [1.29, 1.82) is 0 Å². The molecule has 1 heterocycles. The maximum Gasteiger partial charge on any atom is 0.316 e. The van der Waals surface area contributed by atoms with Crippen LogP contribution in [0, 0.1) is 0 Å². The zero-order chi connectivity index (χ0) is 19.1. The fraction of sp³-hybridized carbons (Fsp3) is 0.333. The maximum atomic E-state index is 12.2. The van der Waals surface area contributed by atoms with E-state index in [2.05, 4.69) is 15.5 Å². The molecule has 1 unspecified atom stereocenters. The number of esters is 1. The van der Waals surface area contributed by atoms with Crippen LogP contribution < -0.4 is 10.1 Å². The minimum atomic E-state index is -0.828. The Morgan fingerprint density at radius 1 is 1.35 bits per heavy atom. The quantitative estimate of drug-likeness (QED) is 0.381. The van der Waals surface area contributed by atoms with Crippen LogP contribution in [0.3, 0.4) is 0 Å². The Morgan fingerprint density at radius 3 is 2.85 bits per heavy atom. The van der Waals surface area contributed by atoms with Crippen LogP contribution in [-0.2, 0) is 14.3 Å². The van der Waals surface area contributed by atoms with Gasteiger partial charge in [0.1, 0.15) is 10.8 Å². The van der Waals surface area contributed by atoms with Gasteiger partial charge >= 0.3 is 5.97 Å². The third-order valence-corrected chi connectivity index (χ3v) is 5.59. The number of anilines is 1. The summed E-state index contributed by atoms with van der Waals surface area (Å²) in [5.41, 5.74) is 0. The highest BCUT2D eigenvalue weighted by Crippen LogP contribution is 2.32. The second kappa shape index (κ2) is 9.96. The summed E-state index contributed by atoms with van der Waals surface area (Å²) in [6, 6.07) is 4.91. The average Bonchev–Trinajstić information content (AvgIpc) is 3.04. The number of carbonyl (C=O) groups excluding carboxylic acids is 2. The molecular weight excluding hydrogens is 421 g/mol. The van der Waals surface area contributed by atoms with Gasteiger partial charge in [0, 0.05) is 0 Å². The van der Waals surface area contributed by atoms with Crippen LogP contribution in [0.4, 0.5) is 5.13 Å². The van der Waals surface area contributed by atoms with Crippen LogP contribution in [0.15, 0.2) is 22.5 Å². The molecule has 0 fully saturated rings. The van der Waals surface area contributed by atoms with E-state index in [9.17, 15) is 9.59 Å². The molecule has 0 spiro atoms. The highest BCUT2D eigenvalue weighted by molar-refractivity contribution is 8.01.